The Kier molecular flexibility index (Phi) is 5.63. The second-order valence-electron chi connectivity index (χ2n) is 6.21. The van der Waals surface area contributed by atoms with Gasteiger partial charge >= 0.3 is 6.03 Å². The van der Waals surface area contributed by atoms with Gasteiger partial charge in [0.05, 0.1) is 33.1 Å². The zero-order chi connectivity index (χ0) is 18.5. The molecule has 1 heterocycles. The molecule has 1 N–H and O–H groups in total. The Morgan fingerprint density at radius 3 is 2.62 bits per heavy atom. The van der Waals surface area contributed by atoms with E-state index < -0.39 is 0 Å². The van der Waals surface area contributed by atoms with Gasteiger partial charge in [0, 0.05) is 12.6 Å². The first-order valence-corrected chi connectivity index (χ1v) is 8.57. The van der Waals surface area contributed by atoms with Gasteiger partial charge in [0.15, 0.2) is 0 Å². The lowest BCUT2D eigenvalue weighted by Gasteiger charge is -2.33. The lowest BCUT2D eigenvalue weighted by atomic mass is 10.1. The first-order chi connectivity index (χ1) is 12.6. The van der Waals surface area contributed by atoms with Gasteiger partial charge < -0.3 is 24.4 Å². The summed E-state index contributed by atoms with van der Waals surface area (Å²) < 4.78 is 16.4. The van der Waals surface area contributed by atoms with Gasteiger partial charge in [-0.15, -0.1) is 0 Å². The van der Waals surface area contributed by atoms with Crippen LogP contribution in [0.5, 0.6) is 11.5 Å². The summed E-state index contributed by atoms with van der Waals surface area (Å²) in [5, 5.41) is 2.91. The van der Waals surface area contributed by atoms with Crippen LogP contribution in [0.1, 0.15) is 17.2 Å². The molecular weight excluding hydrogens is 332 g/mol. The molecule has 0 spiro atoms. The first-order valence-electron chi connectivity index (χ1n) is 8.57. The molecule has 1 unspecified atom stereocenters. The van der Waals surface area contributed by atoms with Crippen LogP contribution in [-0.2, 0) is 4.74 Å². The largest absolute Gasteiger partial charge is 0.497 e. The van der Waals surface area contributed by atoms with Gasteiger partial charge in [-0.1, -0.05) is 29.8 Å². The molecule has 138 valence electrons. The summed E-state index contributed by atoms with van der Waals surface area (Å²) in [5.74, 6) is 1.23. The number of benzene rings is 2. The zero-order valence-corrected chi connectivity index (χ0v) is 15.3. The molecule has 2 aromatic carbocycles. The number of carbonyl (C=O) groups is 1. The van der Waals surface area contributed by atoms with E-state index in [1.807, 2.05) is 19.1 Å². The summed E-state index contributed by atoms with van der Waals surface area (Å²) in [6, 6.07) is 13.3. The molecule has 1 aliphatic rings. The van der Waals surface area contributed by atoms with Crippen molar-refractivity contribution in [1.82, 2.24) is 4.90 Å². The average Bonchev–Trinajstić information content (AvgIpc) is 2.69. The summed E-state index contributed by atoms with van der Waals surface area (Å²) >= 11 is 0. The Bertz CT molecular complexity index is 761. The highest BCUT2D eigenvalue weighted by Gasteiger charge is 2.26. The van der Waals surface area contributed by atoms with Gasteiger partial charge in [-0.25, -0.2) is 4.79 Å². The minimum absolute atomic E-state index is 0.118. The van der Waals surface area contributed by atoms with E-state index in [1.165, 1.54) is 5.56 Å². The number of aryl methyl sites for hydroxylation is 1. The molecule has 1 aliphatic heterocycles. The lowest BCUT2D eigenvalue weighted by Crippen LogP contribution is -2.44. The molecule has 26 heavy (non-hydrogen) atoms. The average molecular weight is 356 g/mol. The molecule has 2 amide bonds. The number of nitrogens with one attached hydrogen (secondary N) is 1. The van der Waals surface area contributed by atoms with Gasteiger partial charge in [-0.2, -0.15) is 0 Å². The Labute approximate surface area is 153 Å². The number of nitrogens with zero attached hydrogens (tertiary/aromatic N) is 1. The van der Waals surface area contributed by atoms with Crippen LogP contribution in [0.25, 0.3) is 0 Å². The molecule has 1 fully saturated rings. The molecule has 6 nitrogen and oxygen atoms in total. The van der Waals surface area contributed by atoms with E-state index in [2.05, 4.69) is 17.4 Å². The predicted molar refractivity (Wildman–Crippen MR) is 100 cm³/mol. The van der Waals surface area contributed by atoms with Crippen LogP contribution in [0.4, 0.5) is 10.5 Å². The van der Waals surface area contributed by atoms with Crippen molar-refractivity contribution in [3.8, 4) is 11.5 Å². The van der Waals surface area contributed by atoms with Crippen LogP contribution in [0.2, 0.25) is 0 Å². The maximum absolute atomic E-state index is 12.7. The quantitative estimate of drug-likeness (QED) is 0.909. The van der Waals surface area contributed by atoms with Crippen LogP contribution in [-0.4, -0.2) is 44.8 Å². The molecule has 6 heteroatoms. The predicted octanol–water partition coefficient (Wildman–Crippen LogP) is 3.62. The molecule has 0 radical (unpaired) electrons. The van der Waals surface area contributed by atoms with Gasteiger partial charge in [0.25, 0.3) is 0 Å². The van der Waals surface area contributed by atoms with Gasteiger partial charge in [0.1, 0.15) is 17.6 Å². The van der Waals surface area contributed by atoms with Crippen molar-refractivity contribution >= 4 is 11.7 Å². The van der Waals surface area contributed by atoms with E-state index in [0.29, 0.717) is 36.9 Å². The number of hydrogen-bond donors (Lipinski definition) is 1. The monoisotopic (exact) mass is 356 g/mol. The number of rotatable bonds is 4. The van der Waals surface area contributed by atoms with Crippen molar-refractivity contribution in [3.63, 3.8) is 0 Å². The molecule has 0 aliphatic carbocycles. The molecule has 0 bridgehead atoms. The number of amides is 2. The molecule has 0 saturated carbocycles. The molecule has 1 saturated heterocycles. The molecule has 2 aromatic rings. The third kappa shape index (κ3) is 4.08. The number of morpholine rings is 1. The zero-order valence-electron chi connectivity index (χ0n) is 15.3. The second kappa shape index (κ2) is 8.10. The molecule has 1 atom stereocenters. The van der Waals surface area contributed by atoms with E-state index in [4.69, 9.17) is 14.2 Å². The fraction of sp³-hybridized carbons (Fsp3) is 0.350. The Morgan fingerprint density at radius 2 is 1.92 bits per heavy atom. The number of anilines is 1. The number of hydrogen-bond acceptors (Lipinski definition) is 4. The van der Waals surface area contributed by atoms with Crippen molar-refractivity contribution in [2.45, 2.75) is 13.0 Å². The smallest absolute Gasteiger partial charge is 0.322 e. The Balaban J connectivity index is 1.69. The summed E-state index contributed by atoms with van der Waals surface area (Å²) in [4.78, 5) is 14.5. The number of carbonyl (C=O) groups excluding carboxylic acids is 1. The van der Waals surface area contributed by atoms with Crippen LogP contribution in [0.3, 0.4) is 0 Å². The summed E-state index contributed by atoms with van der Waals surface area (Å²) in [6.45, 7) is 3.61. The van der Waals surface area contributed by atoms with E-state index >= 15 is 0 Å². The van der Waals surface area contributed by atoms with Crippen molar-refractivity contribution < 1.29 is 19.0 Å². The Morgan fingerprint density at radius 1 is 1.15 bits per heavy atom. The number of methoxy groups -OCH3 is 2. The fourth-order valence-corrected chi connectivity index (χ4v) is 2.91. The van der Waals surface area contributed by atoms with Gasteiger partial charge in [-0.05, 0) is 24.6 Å². The topological polar surface area (TPSA) is 60.0 Å². The summed E-state index contributed by atoms with van der Waals surface area (Å²) in [5.41, 5.74) is 2.89. The fourth-order valence-electron chi connectivity index (χ4n) is 2.91. The summed E-state index contributed by atoms with van der Waals surface area (Å²) in [6.07, 6.45) is -0.118. The number of urea groups is 1. The highest BCUT2D eigenvalue weighted by atomic mass is 16.5. The minimum Gasteiger partial charge on any atom is -0.497 e. The van der Waals surface area contributed by atoms with Crippen molar-refractivity contribution in [1.29, 1.82) is 0 Å². The van der Waals surface area contributed by atoms with E-state index in [9.17, 15) is 4.79 Å². The van der Waals surface area contributed by atoms with Crippen LogP contribution < -0.4 is 14.8 Å². The maximum Gasteiger partial charge on any atom is 0.322 e. The normalized spacial score (nSPS) is 16.9. The van der Waals surface area contributed by atoms with Gasteiger partial charge in [-0.3, -0.25) is 0 Å². The summed E-state index contributed by atoms with van der Waals surface area (Å²) in [7, 11) is 3.15. The molecular formula is C20H24N2O4. The van der Waals surface area contributed by atoms with E-state index in [1.54, 1.807) is 37.3 Å². The molecule has 3 rings (SSSR count). The second-order valence-corrected chi connectivity index (χ2v) is 6.21. The third-order valence-electron chi connectivity index (χ3n) is 4.45. The minimum atomic E-state index is -0.172. The van der Waals surface area contributed by atoms with Crippen molar-refractivity contribution in [2.24, 2.45) is 0 Å². The SMILES string of the molecule is COc1ccc(NC(=O)N2CCOC(c3ccc(C)cc3)C2)c(OC)c1. The van der Waals surface area contributed by atoms with E-state index in [0.717, 1.165) is 5.56 Å². The van der Waals surface area contributed by atoms with E-state index in [-0.39, 0.29) is 12.1 Å². The first kappa shape index (κ1) is 18.1. The van der Waals surface area contributed by atoms with Crippen molar-refractivity contribution in [3.05, 3.63) is 53.6 Å². The van der Waals surface area contributed by atoms with Crippen LogP contribution in [0.15, 0.2) is 42.5 Å². The standard InChI is InChI=1S/C20H24N2O4/c1-14-4-6-15(7-5-14)19-13-22(10-11-26-19)20(23)21-17-9-8-16(24-2)12-18(17)25-3/h4-9,12,19H,10-11,13H2,1-3H3,(H,21,23). The molecule has 0 aromatic heterocycles. The Hall–Kier alpha value is -2.73. The van der Waals surface area contributed by atoms with Crippen LogP contribution in [0, 0.1) is 6.92 Å². The lowest BCUT2D eigenvalue weighted by molar-refractivity contribution is -0.0135. The maximum atomic E-state index is 12.7. The highest BCUT2D eigenvalue weighted by Crippen LogP contribution is 2.30. The number of ether oxygens (including phenoxy) is 3. The van der Waals surface area contributed by atoms with Gasteiger partial charge in [0.2, 0.25) is 0 Å². The third-order valence-corrected chi connectivity index (χ3v) is 4.45. The highest BCUT2D eigenvalue weighted by molar-refractivity contribution is 5.91. The van der Waals surface area contributed by atoms with Crippen LogP contribution >= 0.6 is 0 Å². The van der Waals surface area contributed by atoms with Crippen molar-refractivity contribution in [2.75, 3.05) is 39.2 Å².